The third-order valence-corrected chi connectivity index (χ3v) is 3.23. The summed E-state index contributed by atoms with van der Waals surface area (Å²) >= 11 is 3.32. The monoisotopic (exact) mass is 350 g/mol. The Morgan fingerprint density at radius 3 is 2.67 bits per heavy atom. The predicted octanol–water partition coefficient (Wildman–Crippen LogP) is 3.37. The van der Waals surface area contributed by atoms with E-state index in [-0.39, 0.29) is 5.75 Å². The van der Waals surface area contributed by atoms with Crippen molar-refractivity contribution in [2.24, 2.45) is 5.10 Å². The second-order valence-electron chi connectivity index (χ2n) is 4.37. The van der Waals surface area contributed by atoms with Gasteiger partial charge in [-0.25, -0.2) is 9.82 Å². The number of phenolic OH excluding ortho intramolecular Hbond substituents is 1. The average molecular weight is 351 g/mol. The summed E-state index contributed by atoms with van der Waals surface area (Å²) < 4.78 is 13.5. The van der Waals surface area contributed by atoms with Crippen molar-refractivity contribution in [2.75, 3.05) is 0 Å². The van der Waals surface area contributed by atoms with E-state index in [2.05, 4.69) is 26.5 Å². The molecule has 0 aliphatic carbocycles. The van der Waals surface area contributed by atoms with Crippen LogP contribution in [0.3, 0.4) is 0 Å². The van der Waals surface area contributed by atoms with Gasteiger partial charge in [0.25, 0.3) is 5.91 Å². The van der Waals surface area contributed by atoms with E-state index in [4.69, 9.17) is 0 Å². The van der Waals surface area contributed by atoms with E-state index in [0.717, 1.165) is 4.47 Å². The summed E-state index contributed by atoms with van der Waals surface area (Å²) in [7, 11) is 0. The van der Waals surface area contributed by atoms with Crippen LogP contribution in [-0.4, -0.2) is 17.2 Å². The largest absolute Gasteiger partial charge is 0.507 e. The van der Waals surface area contributed by atoms with Gasteiger partial charge in [0.2, 0.25) is 0 Å². The molecular formula is C15H12BrFN2O2. The first-order chi connectivity index (χ1) is 9.97. The number of rotatable bonds is 3. The van der Waals surface area contributed by atoms with Crippen LogP contribution < -0.4 is 5.43 Å². The van der Waals surface area contributed by atoms with Gasteiger partial charge in [0.1, 0.15) is 11.6 Å². The Kier molecular flexibility index (Phi) is 4.70. The molecular weight excluding hydrogens is 339 g/mol. The molecule has 0 heterocycles. The van der Waals surface area contributed by atoms with Gasteiger partial charge in [-0.1, -0.05) is 15.9 Å². The summed E-state index contributed by atoms with van der Waals surface area (Å²) in [5, 5.41) is 13.7. The maximum Gasteiger partial charge on any atom is 0.271 e. The lowest BCUT2D eigenvalue weighted by atomic mass is 10.1. The fraction of sp³-hybridized carbons (Fsp3) is 0.0667. The SMILES string of the molecule is Cc1cc(Br)cc(/C=N\NC(=O)c2ccc(F)cc2)c1O. The Labute approximate surface area is 129 Å². The molecule has 0 saturated carbocycles. The van der Waals surface area contributed by atoms with Crippen LogP contribution in [0.2, 0.25) is 0 Å². The van der Waals surface area contributed by atoms with Crippen LogP contribution in [0.25, 0.3) is 0 Å². The molecule has 0 fully saturated rings. The third kappa shape index (κ3) is 3.88. The molecule has 2 aromatic carbocycles. The Morgan fingerprint density at radius 2 is 2.00 bits per heavy atom. The smallest absolute Gasteiger partial charge is 0.271 e. The molecule has 0 unspecified atom stereocenters. The molecule has 4 nitrogen and oxygen atoms in total. The Hall–Kier alpha value is -2.21. The minimum atomic E-state index is -0.461. The summed E-state index contributed by atoms with van der Waals surface area (Å²) in [6, 6.07) is 8.56. The van der Waals surface area contributed by atoms with E-state index < -0.39 is 11.7 Å². The second kappa shape index (κ2) is 6.49. The summed E-state index contributed by atoms with van der Waals surface area (Å²) in [5.41, 5.74) is 3.77. The molecule has 0 atom stereocenters. The number of carbonyl (C=O) groups is 1. The lowest BCUT2D eigenvalue weighted by molar-refractivity contribution is 0.0955. The first-order valence-electron chi connectivity index (χ1n) is 6.05. The molecule has 21 heavy (non-hydrogen) atoms. The summed E-state index contributed by atoms with van der Waals surface area (Å²) in [5.74, 6) is -0.778. The number of phenols is 1. The molecule has 0 aliphatic rings. The van der Waals surface area contributed by atoms with Crippen molar-refractivity contribution < 1.29 is 14.3 Å². The van der Waals surface area contributed by atoms with Crippen molar-refractivity contribution in [2.45, 2.75) is 6.92 Å². The van der Waals surface area contributed by atoms with Gasteiger partial charge in [-0.15, -0.1) is 0 Å². The van der Waals surface area contributed by atoms with Crippen molar-refractivity contribution in [3.8, 4) is 5.75 Å². The van der Waals surface area contributed by atoms with E-state index in [1.807, 2.05) is 0 Å². The first-order valence-corrected chi connectivity index (χ1v) is 6.85. The van der Waals surface area contributed by atoms with Crippen molar-refractivity contribution >= 4 is 28.1 Å². The van der Waals surface area contributed by atoms with E-state index in [9.17, 15) is 14.3 Å². The van der Waals surface area contributed by atoms with Gasteiger partial charge < -0.3 is 5.11 Å². The van der Waals surface area contributed by atoms with Crippen LogP contribution in [0.4, 0.5) is 4.39 Å². The lowest BCUT2D eigenvalue weighted by Gasteiger charge is -2.04. The number of halogens is 2. The van der Waals surface area contributed by atoms with E-state index in [1.54, 1.807) is 19.1 Å². The van der Waals surface area contributed by atoms with E-state index in [0.29, 0.717) is 16.7 Å². The standard InChI is InChI=1S/C15H12BrFN2O2/c1-9-6-12(16)7-11(14(9)20)8-18-19-15(21)10-2-4-13(17)5-3-10/h2-8,20H,1H3,(H,19,21)/b18-8-. The third-order valence-electron chi connectivity index (χ3n) is 2.77. The summed E-state index contributed by atoms with van der Waals surface area (Å²) in [6.07, 6.45) is 1.34. The summed E-state index contributed by atoms with van der Waals surface area (Å²) in [4.78, 5) is 11.7. The van der Waals surface area contributed by atoms with Crippen LogP contribution in [0.1, 0.15) is 21.5 Å². The minimum absolute atomic E-state index is 0.0954. The normalized spacial score (nSPS) is 10.8. The van der Waals surface area contributed by atoms with Gasteiger partial charge >= 0.3 is 0 Å². The van der Waals surface area contributed by atoms with Crippen molar-refractivity contribution in [3.63, 3.8) is 0 Å². The molecule has 0 saturated heterocycles. The average Bonchev–Trinajstić information content (AvgIpc) is 2.44. The number of hydrogen-bond donors (Lipinski definition) is 2. The number of aryl methyl sites for hydroxylation is 1. The zero-order chi connectivity index (χ0) is 15.4. The molecule has 0 aromatic heterocycles. The number of hydrazone groups is 1. The number of hydrogen-bond acceptors (Lipinski definition) is 3. The highest BCUT2D eigenvalue weighted by Gasteiger charge is 2.06. The fourth-order valence-corrected chi connectivity index (χ4v) is 2.28. The zero-order valence-electron chi connectivity index (χ0n) is 11.1. The highest BCUT2D eigenvalue weighted by molar-refractivity contribution is 9.10. The number of aromatic hydroxyl groups is 1. The molecule has 0 spiro atoms. The molecule has 1 amide bonds. The van der Waals surface area contributed by atoms with Gasteiger partial charge in [-0.3, -0.25) is 4.79 Å². The van der Waals surface area contributed by atoms with Crippen molar-refractivity contribution in [3.05, 3.63) is 63.4 Å². The van der Waals surface area contributed by atoms with Gasteiger partial charge in [0.05, 0.1) is 6.21 Å². The fourth-order valence-electron chi connectivity index (χ4n) is 1.69. The number of amides is 1. The van der Waals surface area contributed by atoms with Crippen LogP contribution in [0, 0.1) is 12.7 Å². The minimum Gasteiger partial charge on any atom is -0.507 e. The van der Waals surface area contributed by atoms with Gasteiger partial charge in [0, 0.05) is 15.6 Å². The molecule has 0 aliphatic heterocycles. The molecule has 2 rings (SSSR count). The van der Waals surface area contributed by atoms with Gasteiger partial charge in [-0.05, 0) is 48.9 Å². The zero-order valence-corrected chi connectivity index (χ0v) is 12.7. The molecule has 2 aromatic rings. The van der Waals surface area contributed by atoms with Gasteiger partial charge in [-0.2, -0.15) is 5.10 Å². The number of nitrogens with zero attached hydrogens (tertiary/aromatic N) is 1. The quantitative estimate of drug-likeness (QED) is 0.658. The van der Waals surface area contributed by atoms with Crippen molar-refractivity contribution in [1.29, 1.82) is 0 Å². The molecule has 108 valence electrons. The van der Waals surface area contributed by atoms with Crippen LogP contribution in [0.5, 0.6) is 5.75 Å². The van der Waals surface area contributed by atoms with Crippen LogP contribution >= 0.6 is 15.9 Å². The molecule has 2 N–H and O–H groups in total. The Balaban J connectivity index is 2.09. The Bertz CT molecular complexity index is 700. The number of benzene rings is 2. The van der Waals surface area contributed by atoms with E-state index in [1.165, 1.54) is 30.5 Å². The lowest BCUT2D eigenvalue weighted by Crippen LogP contribution is -2.17. The van der Waals surface area contributed by atoms with Crippen molar-refractivity contribution in [1.82, 2.24) is 5.43 Å². The molecule has 0 radical (unpaired) electrons. The maximum absolute atomic E-state index is 12.7. The van der Waals surface area contributed by atoms with Gasteiger partial charge in [0.15, 0.2) is 0 Å². The predicted molar refractivity (Wildman–Crippen MR) is 82.0 cm³/mol. The number of carbonyl (C=O) groups excluding carboxylic acids is 1. The summed E-state index contributed by atoms with van der Waals surface area (Å²) in [6.45, 7) is 1.76. The second-order valence-corrected chi connectivity index (χ2v) is 5.28. The topological polar surface area (TPSA) is 61.7 Å². The van der Waals surface area contributed by atoms with Crippen LogP contribution in [0.15, 0.2) is 46.0 Å². The Morgan fingerprint density at radius 1 is 1.33 bits per heavy atom. The highest BCUT2D eigenvalue weighted by Crippen LogP contribution is 2.25. The van der Waals surface area contributed by atoms with E-state index >= 15 is 0 Å². The van der Waals surface area contributed by atoms with Crippen LogP contribution in [-0.2, 0) is 0 Å². The molecule has 0 bridgehead atoms. The number of nitrogens with one attached hydrogen (secondary N) is 1. The highest BCUT2D eigenvalue weighted by atomic mass is 79.9. The maximum atomic E-state index is 12.7. The molecule has 6 heteroatoms. The first kappa shape index (κ1) is 15.2.